The summed E-state index contributed by atoms with van der Waals surface area (Å²) in [5.74, 6) is -1.45. The monoisotopic (exact) mass is 440 g/mol. The third-order valence-electron chi connectivity index (χ3n) is 6.96. The van der Waals surface area contributed by atoms with E-state index in [1.54, 1.807) is 6.92 Å². The number of fused-ring (bicyclic) bond motifs is 3. The van der Waals surface area contributed by atoms with E-state index in [0.29, 0.717) is 34.9 Å². The van der Waals surface area contributed by atoms with Crippen molar-refractivity contribution in [3.8, 4) is 0 Å². The quantitative estimate of drug-likeness (QED) is 0.640. The van der Waals surface area contributed by atoms with E-state index in [2.05, 4.69) is 0 Å². The van der Waals surface area contributed by atoms with Crippen molar-refractivity contribution in [2.45, 2.75) is 57.8 Å². The second-order valence-corrected chi connectivity index (χ2v) is 9.45. The van der Waals surface area contributed by atoms with Crippen LogP contribution in [0.4, 0.5) is 0 Å². The maximum Gasteiger partial charge on any atom is 0.312 e. The number of benzene rings is 1. The number of rotatable bonds is 3. The Balaban J connectivity index is 2.19. The summed E-state index contributed by atoms with van der Waals surface area (Å²) in [6, 6.07) is 1.82. The van der Waals surface area contributed by atoms with Crippen LogP contribution in [0.15, 0.2) is 6.07 Å². The van der Waals surface area contributed by atoms with Crippen LogP contribution in [-0.2, 0) is 35.7 Å². The number of hydrogen-bond donors (Lipinski definition) is 0. The Morgan fingerprint density at radius 2 is 1.83 bits per heavy atom. The molecule has 0 N–H and O–H groups in total. The standard InChI is InChI=1S/C22H26Cl2O5/c1-11(19(26)28-4)17-15(23)8-14-13(18(17)24)6-7-16-21(14,2)9-12(25)10-22(16,3)20(27)29-5/h8,11,16H,6-7,9-10H2,1-5H3. The Kier molecular flexibility index (Phi) is 5.78. The molecule has 5 nitrogen and oxygen atoms in total. The van der Waals surface area contributed by atoms with E-state index in [1.807, 2.05) is 19.9 Å². The largest absolute Gasteiger partial charge is 0.469 e. The van der Waals surface area contributed by atoms with Gasteiger partial charge in [0.2, 0.25) is 0 Å². The van der Waals surface area contributed by atoms with Crippen LogP contribution in [0.3, 0.4) is 0 Å². The summed E-state index contributed by atoms with van der Waals surface area (Å²) in [5.41, 5.74) is 0.827. The minimum absolute atomic E-state index is 0.0174. The molecule has 1 aromatic carbocycles. The van der Waals surface area contributed by atoms with Crippen LogP contribution in [0.1, 0.15) is 62.6 Å². The molecule has 3 rings (SSSR count). The molecule has 0 aliphatic heterocycles. The normalized spacial score (nSPS) is 29.5. The van der Waals surface area contributed by atoms with Crippen LogP contribution in [0, 0.1) is 11.3 Å². The number of halogens is 2. The van der Waals surface area contributed by atoms with Gasteiger partial charge in [0.25, 0.3) is 0 Å². The van der Waals surface area contributed by atoms with Gasteiger partial charge < -0.3 is 9.47 Å². The fourth-order valence-electron chi connectivity index (χ4n) is 5.61. The molecule has 2 aliphatic carbocycles. The molecular weight excluding hydrogens is 415 g/mol. The van der Waals surface area contributed by atoms with E-state index in [1.165, 1.54) is 14.2 Å². The van der Waals surface area contributed by atoms with E-state index < -0.39 is 22.7 Å². The maximum atomic E-state index is 12.7. The Morgan fingerprint density at radius 3 is 2.41 bits per heavy atom. The van der Waals surface area contributed by atoms with Gasteiger partial charge in [-0.1, -0.05) is 30.1 Å². The Bertz CT molecular complexity index is 896. The van der Waals surface area contributed by atoms with Gasteiger partial charge in [0, 0.05) is 33.9 Å². The van der Waals surface area contributed by atoms with Crippen LogP contribution >= 0.6 is 23.2 Å². The molecule has 4 unspecified atom stereocenters. The average Bonchev–Trinajstić information content (AvgIpc) is 2.66. The van der Waals surface area contributed by atoms with Crippen molar-refractivity contribution in [3.05, 3.63) is 32.8 Å². The highest BCUT2D eigenvalue weighted by Crippen LogP contribution is 2.58. The zero-order valence-corrected chi connectivity index (χ0v) is 18.9. The van der Waals surface area contributed by atoms with Gasteiger partial charge in [-0.05, 0) is 49.8 Å². The molecule has 0 amide bonds. The lowest BCUT2D eigenvalue weighted by Crippen LogP contribution is -2.55. The number of ether oxygens (including phenoxy) is 2. The van der Waals surface area contributed by atoms with Crippen molar-refractivity contribution >= 4 is 40.9 Å². The molecule has 1 aromatic rings. The number of hydrogen-bond acceptors (Lipinski definition) is 5. The predicted molar refractivity (Wildman–Crippen MR) is 110 cm³/mol. The van der Waals surface area contributed by atoms with E-state index in [9.17, 15) is 14.4 Å². The summed E-state index contributed by atoms with van der Waals surface area (Å²) in [7, 11) is 2.68. The van der Waals surface area contributed by atoms with E-state index in [-0.39, 0.29) is 24.1 Å². The first-order valence-corrected chi connectivity index (χ1v) is 10.5. The van der Waals surface area contributed by atoms with Crippen molar-refractivity contribution in [1.82, 2.24) is 0 Å². The molecule has 0 heterocycles. The van der Waals surface area contributed by atoms with Gasteiger partial charge in [-0.2, -0.15) is 0 Å². The topological polar surface area (TPSA) is 69.7 Å². The van der Waals surface area contributed by atoms with Crippen LogP contribution in [0.2, 0.25) is 10.0 Å². The number of methoxy groups -OCH3 is 2. The number of Topliss-reactive ketones (excluding diaryl/α,β-unsaturated/α-hetero) is 1. The smallest absolute Gasteiger partial charge is 0.312 e. The molecule has 0 spiro atoms. The lowest BCUT2D eigenvalue weighted by molar-refractivity contribution is -0.164. The molecular formula is C22H26Cl2O5. The summed E-state index contributed by atoms with van der Waals surface area (Å²) in [5, 5.41) is 0.814. The van der Waals surface area contributed by atoms with Crippen LogP contribution in [0.5, 0.6) is 0 Å². The van der Waals surface area contributed by atoms with Gasteiger partial charge in [0.1, 0.15) is 5.78 Å². The van der Waals surface area contributed by atoms with Gasteiger partial charge >= 0.3 is 11.9 Å². The van der Waals surface area contributed by atoms with E-state index >= 15 is 0 Å². The molecule has 1 saturated carbocycles. The van der Waals surface area contributed by atoms with Crippen molar-refractivity contribution in [2.75, 3.05) is 14.2 Å². The Hall–Kier alpha value is -1.59. The minimum Gasteiger partial charge on any atom is -0.469 e. The fraction of sp³-hybridized carbons (Fsp3) is 0.591. The molecule has 0 radical (unpaired) electrons. The zero-order valence-electron chi connectivity index (χ0n) is 17.4. The second-order valence-electron chi connectivity index (χ2n) is 8.67. The molecule has 4 atom stereocenters. The summed E-state index contributed by atoms with van der Waals surface area (Å²) in [6.45, 7) is 5.53. The summed E-state index contributed by atoms with van der Waals surface area (Å²) < 4.78 is 9.92. The second kappa shape index (κ2) is 7.59. The molecule has 1 fully saturated rings. The van der Waals surface area contributed by atoms with Crippen molar-refractivity contribution < 1.29 is 23.9 Å². The highest BCUT2D eigenvalue weighted by Gasteiger charge is 2.58. The molecule has 7 heteroatoms. The first kappa shape index (κ1) is 22.1. The number of carbonyl (C=O) groups is 3. The number of esters is 2. The average molecular weight is 441 g/mol. The van der Waals surface area contributed by atoms with E-state index in [0.717, 1.165) is 11.1 Å². The van der Waals surface area contributed by atoms with E-state index in [4.69, 9.17) is 32.7 Å². The molecule has 2 aliphatic rings. The van der Waals surface area contributed by atoms with Gasteiger partial charge in [-0.25, -0.2) is 0 Å². The first-order chi connectivity index (χ1) is 13.5. The third kappa shape index (κ3) is 3.27. The van der Waals surface area contributed by atoms with Gasteiger partial charge in [-0.3, -0.25) is 14.4 Å². The summed E-state index contributed by atoms with van der Waals surface area (Å²) in [4.78, 5) is 37.4. The Labute approximate surface area is 181 Å². The van der Waals surface area contributed by atoms with Crippen molar-refractivity contribution in [2.24, 2.45) is 11.3 Å². The maximum absolute atomic E-state index is 12.7. The molecule has 0 bridgehead atoms. The van der Waals surface area contributed by atoms with Crippen molar-refractivity contribution in [1.29, 1.82) is 0 Å². The predicted octanol–water partition coefficient (Wildman–Crippen LogP) is 4.63. The van der Waals surface area contributed by atoms with Crippen molar-refractivity contribution in [3.63, 3.8) is 0 Å². The SMILES string of the molecule is COC(=O)C(C)c1c(Cl)cc2c(c1Cl)CCC1C(C)(C(=O)OC)CC(=O)CC21C. The van der Waals surface area contributed by atoms with Gasteiger partial charge in [-0.15, -0.1) is 0 Å². The highest BCUT2D eigenvalue weighted by molar-refractivity contribution is 6.37. The molecule has 158 valence electrons. The van der Waals surface area contributed by atoms with Gasteiger partial charge in [0.05, 0.1) is 25.6 Å². The third-order valence-corrected chi connectivity index (χ3v) is 7.70. The molecule has 0 aromatic heterocycles. The summed E-state index contributed by atoms with van der Waals surface area (Å²) in [6.07, 6.45) is 1.81. The zero-order chi connectivity index (χ0) is 21.7. The highest BCUT2D eigenvalue weighted by atomic mass is 35.5. The van der Waals surface area contributed by atoms with Gasteiger partial charge in [0.15, 0.2) is 0 Å². The lowest BCUT2D eigenvalue weighted by atomic mass is 9.49. The van der Waals surface area contributed by atoms with Crippen LogP contribution in [0.25, 0.3) is 0 Å². The number of carbonyl (C=O) groups excluding carboxylic acids is 3. The summed E-state index contributed by atoms with van der Waals surface area (Å²) >= 11 is 13.3. The first-order valence-electron chi connectivity index (χ1n) is 9.70. The fourth-order valence-corrected chi connectivity index (χ4v) is 6.49. The minimum atomic E-state index is -0.895. The number of ketones is 1. The van der Waals surface area contributed by atoms with Crippen LogP contribution < -0.4 is 0 Å². The lowest BCUT2D eigenvalue weighted by Gasteiger charge is -2.53. The molecule has 29 heavy (non-hydrogen) atoms. The molecule has 0 saturated heterocycles. The Morgan fingerprint density at radius 1 is 1.17 bits per heavy atom. The van der Waals surface area contributed by atoms with Crippen LogP contribution in [-0.4, -0.2) is 31.9 Å².